The van der Waals surface area contributed by atoms with E-state index in [-0.39, 0.29) is 24.9 Å². The van der Waals surface area contributed by atoms with Crippen molar-refractivity contribution in [3.63, 3.8) is 0 Å². The SMILES string of the molecule is CCOc1cc2c(cc1C=C1NC(=O)N(Cc3ccc(C)cc3)C1=O)OCO2. The van der Waals surface area contributed by atoms with Gasteiger partial charge in [0.15, 0.2) is 11.5 Å². The number of urea groups is 1. The number of carbonyl (C=O) groups excluding carboxylic acids is 2. The summed E-state index contributed by atoms with van der Waals surface area (Å²) in [5, 5.41) is 2.64. The van der Waals surface area contributed by atoms with Crippen LogP contribution in [0.1, 0.15) is 23.6 Å². The smallest absolute Gasteiger partial charge is 0.329 e. The molecule has 1 fully saturated rings. The monoisotopic (exact) mass is 380 g/mol. The first-order chi connectivity index (χ1) is 13.5. The maximum atomic E-state index is 12.8. The van der Waals surface area contributed by atoms with Crippen LogP contribution < -0.4 is 19.5 Å². The Labute approximate surface area is 162 Å². The van der Waals surface area contributed by atoms with E-state index in [9.17, 15) is 9.59 Å². The quantitative estimate of drug-likeness (QED) is 0.637. The molecule has 0 aromatic heterocycles. The standard InChI is InChI=1S/C21H20N2O5/c1-3-26-17-10-19-18(27-12-28-19)9-15(17)8-16-20(24)23(21(25)22-16)11-14-6-4-13(2)5-7-14/h4-10H,3,11-12H2,1-2H3,(H,22,25). The summed E-state index contributed by atoms with van der Waals surface area (Å²) < 4.78 is 16.4. The first-order valence-electron chi connectivity index (χ1n) is 9.01. The van der Waals surface area contributed by atoms with Gasteiger partial charge in [-0.1, -0.05) is 29.8 Å². The highest BCUT2D eigenvalue weighted by Crippen LogP contribution is 2.39. The lowest BCUT2D eigenvalue weighted by Gasteiger charge is -2.12. The van der Waals surface area contributed by atoms with Crippen molar-refractivity contribution < 1.29 is 23.8 Å². The maximum Gasteiger partial charge on any atom is 0.329 e. The van der Waals surface area contributed by atoms with Crippen molar-refractivity contribution in [2.75, 3.05) is 13.4 Å². The fourth-order valence-electron chi connectivity index (χ4n) is 3.08. The zero-order chi connectivity index (χ0) is 19.7. The van der Waals surface area contributed by atoms with Crippen molar-refractivity contribution in [3.8, 4) is 17.2 Å². The molecule has 7 heteroatoms. The molecule has 1 saturated heterocycles. The molecule has 0 unspecified atom stereocenters. The molecule has 2 aromatic carbocycles. The summed E-state index contributed by atoms with van der Waals surface area (Å²) in [5.41, 5.74) is 2.82. The second-order valence-electron chi connectivity index (χ2n) is 6.54. The molecule has 28 heavy (non-hydrogen) atoms. The van der Waals surface area contributed by atoms with Gasteiger partial charge in [-0.3, -0.25) is 9.69 Å². The molecule has 2 aliphatic heterocycles. The third-order valence-electron chi connectivity index (χ3n) is 4.53. The van der Waals surface area contributed by atoms with E-state index >= 15 is 0 Å². The van der Waals surface area contributed by atoms with Crippen LogP contribution in [0.15, 0.2) is 42.1 Å². The lowest BCUT2D eigenvalue weighted by Crippen LogP contribution is -2.30. The van der Waals surface area contributed by atoms with Crippen molar-refractivity contribution in [2.24, 2.45) is 0 Å². The van der Waals surface area contributed by atoms with Crippen molar-refractivity contribution in [1.82, 2.24) is 10.2 Å². The summed E-state index contributed by atoms with van der Waals surface area (Å²) >= 11 is 0. The van der Waals surface area contributed by atoms with Gasteiger partial charge in [-0.2, -0.15) is 0 Å². The van der Waals surface area contributed by atoms with Crippen molar-refractivity contribution >= 4 is 18.0 Å². The largest absolute Gasteiger partial charge is 0.493 e. The van der Waals surface area contributed by atoms with Gasteiger partial charge in [-0.05, 0) is 31.6 Å². The number of benzene rings is 2. The lowest BCUT2D eigenvalue weighted by molar-refractivity contribution is -0.123. The summed E-state index contributed by atoms with van der Waals surface area (Å²) in [4.78, 5) is 26.3. The summed E-state index contributed by atoms with van der Waals surface area (Å²) in [6, 6.07) is 10.7. The van der Waals surface area contributed by atoms with Gasteiger partial charge in [0.2, 0.25) is 6.79 Å². The van der Waals surface area contributed by atoms with Crippen LogP contribution in [0, 0.1) is 6.92 Å². The van der Waals surface area contributed by atoms with Gasteiger partial charge in [0.25, 0.3) is 5.91 Å². The molecule has 0 aliphatic carbocycles. The third kappa shape index (κ3) is 3.38. The minimum Gasteiger partial charge on any atom is -0.493 e. The van der Waals surface area contributed by atoms with Crippen LogP contribution in [0.5, 0.6) is 17.2 Å². The molecule has 0 bridgehead atoms. The topological polar surface area (TPSA) is 77.1 Å². The number of rotatable bonds is 5. The highest BCUT2D eigenvalue weighted by Gasteiger charge is 2.34. The number of imide groups is 1. The predicted octanol–water partition coefficient (Wildman–Crippen LogP) is 3.22. The first-order valence-corrected chi connectivity index (χ1v) is 9.01. The Morgan fingerprint density at radius 3 is 2.57 bits per heavy atom. The van der Waals surface area contributed by atoms with E-state index in [1.54, 1.807) is 18.2 Å². The van der Waals surface area contributed by atoms with Crippen LogP contribution in [0.2, 0.25) is 0 Å². The van der Waals surface area contributed by atoms with E-state index in [0.717, 1.165) is 11.1 Å². The van der Waals surface area contributed by atoms with Crippen LogP contribution >= 0.6 is 0 Å². The van der Waals surface area contributed by atoms with Gasteiger partial charge < -0.3 is 19.5 Å². The zero-order valence-corrected chi connectivity index (χ0v) is 15.7. The van der Waals surface area contributed by atoms with E-state index in [0.29, 0.717) is 29.4 Å². The number of fused-ring (bicyclic) bond motifs is 1. The summed E-state index contributed by atoms with van der Waals surface area (Å²) in [5.74, 6) is 1.33. The Morgan fingerprint density at radius 1 is 1.14 bits per heavy atom. The molecular weight excluding hydrogens is 360 g/mol. The van der Waals surface area contributed by atoms with E-state index in [1.165, 1.54) is 4.90 Å². The van der Waals surface area contributed by atoms with Gasteiger partial charge in [-0.25, -0.2) is 4.79 Å². The number of ether oxygens (including phenoxy) is 3. The van der Waals surface area contributed by atoms with Crippen LogP contribution in [-0.4, -0.2) is 30.2 Å². The Morgan fingerprint density at radius 2 is 1.86 bits per heavy atom. The minimum absolute atomic E-state index is 0.140. The van der Waals surface area contributed by atoms with Crippen molar-refractivity contribution in [1.29, 1.82) is 0 Å². The van der Waals surface area contributed by atoms with Crippen LogP contribution in [0.25, 0.3) is 6.08 Å². The predicted molar refractivity (Wildman–Crippen MR) is 102 cm³/mol. The summed E-state index contributed by atoms with van der Waals surface area (Å²) in [6.07, 6.45) is 1.60. The Balaban J connectivity index is 1.61. The van der Waals surface area contributed by atoms with Gasteiger partial charge in [0.05, 0.1) is 13.2 Å². The fraction of sp³-hybridized carbons (Fsp3) is 0.238. The minimum atomic E-state index is -0.449. The Hall–Kier alpha value is -3.48. The lowest BCUT2D eigenvalue weighted by atomic mass is 10.1. The molecule has 2 aliphatic rings. The average molecular weight is 380 g/mol. The van der Waals surface area contributed by atoms with E-state index in [1.807, 2.05) is 38.1 Å². The number of carbonyl (C=O) groups is 2. The molecule has 2 aromatic rings. The molecule has 3 amide bonds. The Kier molecular flexibility index (Phi) is 4.65. The molecular formula is C21H20N2O5. The van der Waals surface area contributed by atoms with E-state index in [4.69, 9.17) is 14.2 Å². The van der Waals surface area contributed by atoms with Crippen molar-refractivity contribution in [3.05, 3.63) is 58.8 Å². The molecule has 144 valence electrons. The van der Waals surface area contributed by atoms with Crippen LogP contribution in [0.3, 0.4) is 0 Å². The van der Waals surface area contributed by atoms with Crippen molar-refractivity contribution in [2.45, 2.75) is 20.4 Å². The summed E-state index contributed by atoms with van der Waals surface area (Å²) in [7, 11) is 0. The first kappa shape index (κ1) is 17.9. The second-order valence-corrected chi connectivity index (χ2v) is 6.54. The van der Waals surface area contributed by atoms with E-state index in [2.05, 4.69) is 5.32 Å². The van der Waals surface area contributed by atoms with Gasteiger partial charge in [-0.15, -0.1) is 0 Å². The van der Waals surface area contributed by atoms with Crippen LogP contribution in [-0.2, 0) is 11.3 Å². The number of hydrogen-bond acceptors (Lipinski definition) is 5. The van der Waals surface area contributed by atoms with Gasteiger partial charge in [0.1, 0.15) is 11.4 Å². The number of nitrogens with one attached hydrogen (secondary N) is 1. The molecule has 0 radical (unpaired) electrons. The number of amides is 3. The highest BCUT2D eigenvalue weighted by molar-refractivity contribution is 6.14. The highest BCUT2D eigenvalue weighted by atomic mass is 16.7. The molecule has 0 saturated carbocycles. The molecule has 0 atom stereocenters. The molecule has 4 rings (SSSR count). The van der Waals surface area contributed by atoms with E-state index < -0.39 is 6.03 Å². The number of nitrogens with zero attached hydrogens (tertiary/aromatic N) is 1. The van der Waals surface area contributed by atoms with Crippen LogP contribution in [0.4, 0.5) is 4.79 Å². The Bertz CT molecular complexity index is 966. The second kappa shape index (κ2) is 7.26. The number of hydrogen-bond donors (Lipinski definition) is 1. The molecule has 1 N–H and O–H groups in total. The van der Waals surface area contributed by atoms with Gasteiger partial charge >= 0.3 is 6.03 Å². The normalized spacial score (nSPS) is 16.6. The summed E-state index contributed by atoms with van der Waals surface area (Å²) in [6.45, 7) is 4.66. The third-order valence-corrected chi connectivity index (χ3v) is 4.53. The molecule has 7 nitrogen and oxygen atoms in total. The maximum absolute atomic E-state index is 12.8. The zero-order valence-electron chi connectivity index (χ0n) is 15.7. The molecule has 0 spiro atoms. The fourth-order valence-corrected chi connectivity index (χ4v) is 3.08. The molecule has 2 heterocycles. The van der Waals surface area contributed by atoms with Gasteiger partial charge in [0, 0.05) is 11.6 Å². The number of aryl methyl sites for hydroxylation is 1. The average Bonchev–Trinajstić information content (AvgIpc) is 3.23.